The van der Waals surface area contributed by atoms with Gasteiger partial charge in [-0.2, -0.15) is 0 Å². The SMILES string of the molecule is O=C(C1CC(Cc2ccccc2Cl)=NO1)N1CCN(C2CCS(=O)(=O)C2)CC1. The quantitative estimate of drug-likeness (QED) is 0.727. The highest BCUT2D eigenvalue weighted by Crippen LogP contribution is 2.23. The first-order valence-electron chi connectivity index (χ1n) is 9.59. The molecule has 0 bridgehead atoms. The van der Waals surface area contributed by atoms with Crippen molar-refractivity contribution in [3.63, 3.8) is 0 Å². The second kappa shape index (κ2) is 8.00. The number of rotatable bonds is 4. The standard InChI is InChI=1S/C19H24ClN3O4S/c20-17-4-2-1-3-14(17)11-15-12-18(27-21-15)19(24)23-8-6-22(7-9-23)16-5-10-28(25,26)13-16/h1-4,16,18H,5-13H2. The second-order valence-corrected chi connectivity index (χ2v) is 10.3. The summed E-state index contributed by atoms with van der Waals surface area (Å²) in [7, 11) is -2.89. The topological polar surface area (TPSA) is 79.3 Å². The zero-order chi connectivity index (χ0) is 19.7. The van der Waals surface area contributed by atoms with Crippen LogP contribution in [0.15, 0.2) is 29.4 Å². The molecule has 28 heavy (non-hydrogen) atoms. The van der Waals surface area contributed by atoms with E-state index in [4.69, 9.17) is 16.4 Å². The number of carbonyl (C=O) groups is 1. The van der Waals surface area contributed by atoms with Gasteiger partial charge in [-0.15, -0.1) is 0 Å². The number of hydrogen-bond donors (Lipinski definition) is 0. The number of hydrogen-bond acceptors (Lipinski definition) is 6. The molecule has 3 aliphatic rings. The highest BCUT2D eigenvalue weighted by molar-refractivity contribution is 7.91. The first-order valence-corrected chi connectivity index (χ1v) is 11.8. The molecule has 2 unspecified atom stereocenters. The fourth-order valence-corrected chi connectivity index (χ4v) is 6.06. The number of piperazine rings is 1. The van der Waals surface area contributed by atoms with Crippen molar-refractivity contribution in [1.29, 1.82) is 0 Å². The van der Waals surface area contributed by atoms with Crippen molar-refractivity contribution in [2.75, 3.05) is 37.7 Å². The molecule has 0 aromatic heterocycles. The third-order valence-corrected chi connectivity index (χ3v) is 7.83. The van der Waals surface area contributed by atoms with Crippen LogP contribution < -0.4 is 0 Å². The van der Waals surface area contributed by atoms with Crippen LogP contribution in [0.5, 0.6) is 0 Å². The van der Waals surface area contributed by atoms with Gasteiger partial charge in [0.2, 0.25) is 6.10 Å². The lowest BCUT2D eigenvalue weighted by Crippen LogP contribution is -2.54. The third-order valence-electron chi connectivity index (χ3n) is 5.71. The zero-order valence-corrected chi connectivity index (χ0v) is 17.2. The number of carbonyl (C=O) groups excluding carboxylic acids is 1. The van der Waals surface area contributed by atoms with Crippen molar-refractivity contribution in [3.05, 3.63) is 34.9 Å². The molecule has 1 aromatic carbocycles. The van der Waals surface area contributed by atoms with Crippen LogP contribution in [0.25, 0.3) is 0 Å². The summed E-state index contributed by atoms with van der Waals surface area (Å²) in [5.41, 5.74) is 1.79. The lowest BCUT2D eigenvalue weighted by Gasteiger charge is -2.38. The minimum atomic E-state index is -2.89. The van der Waals surface area contributed by atoms with Crippen molar-refractivity contribution in [2.24, 2.45) is 5.16 Å². The Balaban J connectivity index is 1.27. The van der Waals surface area contributed by atoms with Gasteiger partial charge in [0, 0.05) is 50.1 Å². The molecule has 0 aliphatic carbocycles. The molecule has 0 spiro atoms. The third kappa shape index (κ3) is 4.34. The predicted octanol–water partition coefficient (Wildman–Crippen LogP) is 1.36. The smallest absolute Gasteiger partial charge is 0.266 e. The summed E-state index contributed by atoms with van der Waals surface area (Å²) in [5, 5.41) is 4.78. The molecular weight excluding hydrogens is 402 g/mol. The molecule has 2 fully saturated rings. The van der Waals surface area contributed by atoms with Gasteiger partial charge in [-0.25, -0.2) is 8.42 Å². The van der Waals surface area contributed by atoms with Gasteiger partial charge in [-0.05, 0) is 18.1 Å². The van der Waals surface area contributed by atoms with Gasteiger partial charge in [-0.1, -0.05) is 35.0 Å². The maximum Gasteiger partial charge on any atom is 0.266 e. The zero-order valence-electron chi connectivity index (χ0n) is 15.6. The highest BCUT2D eigenvalue weighted by atomic mass is 35.5. The van der Waals surface area contributed by atoms with Gasteiger partial charge < -0.3 is 9.74 Å². The van der Waals surface area contributed by atoms with E-state index < -0.39 is 15.9 Å². The second-order valence-electron chi connectivity index (χ2n) is 7.64. The van der Waals surface area contributed by atoms with Crippen LogP contribution >= 0.6 is 11.6 Å². The van der Waals surface area contributed by atoms with Gasteiger partial charge in [0.05, 0.1) is 17.2 Å². The molecule has 1 amide bonds. The minimum absolute atomic E-state index is 0.0448. The number of nitrogens with zero attached hydrogens (tertiary/aromatic N) is 3. The van der Waals surface area contributed by atoms with Crippen LogP contribution in [-0.2, 0) is 25.9 Å². The molecule has 3 aliphatic heterocycles. The van der Waals surface area contributed by atoms with Gasteiger partial charge >= 0.3 is 0 Å². The summed E-state index contributed by atoms with van der Waals surface area (Å²) in [6.07, 6.45) is 1.18. The molecule has 0 radical (unpaired) electrons. The van der Waals surface area contributed by atoms with E-state index >= 15 is 0 Å². The molecule has 1 aromatic rings. The van der Waals surface area contributed by atoms with Gasteiger partial charge in [0.25, 0.3) is 5.91 Å². The fourth-order valence-electron chi connectivity index (χ4n) is 4.10. The van der Waals surface area contributed by atoms with E-state index in [0.29, 0.717) is 50.5 Å². The van der Waals surface area contributed by atoms with Crippen molar-refractivity contribution in [3.8, 4) is 0 Å². The summed E-state index contributed by atoms with van der Waals surface area (Å²) in [4.78, 5) is 22.2. The average Bonchev–Trinajstić information content (AvgIpc) is 3.29. The first-order chi connectivity index (χ1) is 13.4. The molecule has 3 heterocycles. The van der Waals surface area contributed by atoms with E-state index in [1.165, 1.54) is 0 Å². The molecule has 2 atom stereocenters. The highest BCUT2D eigenvalue weighted by Gasteiger charge is 2.37. The molecular formula is C19H24ClN3O4S. The lowest BCUT2D eigenvalue weighted by molar-refractivity contribution is -0.144. The number of amides is 1. The number of sulfone groups is 1. The number of benzene rings is 1. The van der Waals surface area contributed by atoms with Crippen molar-refractivity contribution in [2.45, 2.75) is 31.4 Å². The summed E-state index contributed by atoms with van der Waals surface area (Å²) in [6, 6.07) is 7.68. The van der Waals surface area contributed by atoms with E-state index in [1.54, 1.807) is 4.90 Å². The van der Waals surface area contributed by atoms with Gasteiger partial charge in [0.15, 0.2) is 9.84 Å². The lowest BCUT2D eigenvalue weighted by atomic mass is 10.0. The monoisotopic (exact) mass is 425 g/mol. The molecule has 152 valence electrons. The van der Waals surface area contributed by atoms with E-state index in [1.807, 2.05) is 24.3 Å². The molecule has 0 saturated carbocycles. The normalized spacial score (nSPS) is 27.5. The molecule has 7 nitrogen and oxygen atoms in total. The molecule has 0 N–H and O–H groups in total. The summed E-state index contributed by atoms with van der Waals surface area (Å²) >= 11 is 6.20. The van der Waals surface area contributed by atoms with Crippen LogP contribution in [0.3, 0.4) is 0 Å². The summed E-state index contributed by atoms with van der Waals surface area (Å²) in [5.74, 6) is 0.473. The Labute approximate surface area is 170 Å². The van der Waals surface area contributed by atoms with Crippen molar-refractivity contribution >= 4 is 33.1 Å². The Hall–Kier alpha value is -1.64. The van der Waals surface area contributed by atoms with E-state index in [0.717, 1.165) is 11.3 Å². The van der Waals surface area contributed by atoms with Crippen molar-refractivity contribution < 1.29 is 18.0 Å². The minimum Gasteiger partial charge on any atom is -0.382 e. The van der Waals surface area contributed by atoms with Gasteiger partial charge in [-0.3, -0.25) is 9.69 Å². The Morgan fingerprint density at radius 2 is 1.96 bits per heavy atom. The first kappa shape index (κ1) is 19.7. The number of halogens is 1. The van der Waals surface area contributed by atoms with Crippen LogP contribution in [0.4, 0.5) is 0 Å². The Bertz CT molecular complexity index is 881. The summed E-state index contributed by atoms with van der Waals surface area (Å²) < 4.78 is 23.4. The molecule has 4 rings (SSSR count). The van der Waals surface area contributed by atoms with Crippen LogP contribution in [0, 0.1) is 0 Å². The maximum atomic E-state index is 12.8. The van der Waals surface area contributed by atoms with E-state index in [9.17, 15) is 13.2 Å². The molecule has 2 saturated heterocycles. The fraction of sp³-hybridized carbons (Fsp3) is 0.579. The maximum absolute atomic E-state index is 12.8. The van der Waals surface area contributed by atoms with Crippen LogP contribution in [-0.4, -0.2) is 79.7 Å². The Morgan fingerprint density at radius 1 is 1.21 bits per heavy atom. The van der Waals surface area contributed by atoms with Crippen molar-refractivity contribution in [1.82, 2.24) is 9.80 Å². The molecule has 9 heteroatoms. The van der Waals surface area contributed by atoms with Crippen LogP contribution in [0.2, 0.25) is 5.02 Å². The van der Waals surface area contributed by atoms with Crippen LogP contribution in [0.1, 0.15) is 18.4 Å². The number of oxime groups is 1. The largest absolute Gasteiger partial charge is 0.382 e. The Kier molecular flexibility index (Phi) is 5.62. The Morgan fingerprint density at radius 3 is 2.64 bits per heavy atom. The average molecular weight is 426 g/mol. The predicted molar refractivity (Wildman–Crippen MR) is 107 cm³/mol. The summed E-state index contributed by atoms with van der Waals surface area (Å²) in [6.45, 7) is 2.59. The van der Waals surface area contributed by atoms with E-state index in [-0.39, 0.29) is 23.5 Å². The van der Waals surface area contributed by atoms with E-state index in [2.05, 4.69) is 10.1 Å². The van der Waals surface area contributed by atoms with Gasteiger partial charge in [0.1, 0.15) is 0 Å².